The maximum absolute atomic E-state index is 12.9. The highest BCUT2D eigenvalue weighted by Crippen LogP contribution is 2.27. The number of thiocarbonyl (C=S) groups is 1. The Morgan fingerprint density at radius 3 is 2.44 bits per heavy atom. The summed E-state index contributed by atoms with van der Waals surface area (Å²) in [7, 11) is 0. The minimum Gasteiger partial charge on any atom is -0.351 e. The zero-order valence-corrected chi connectivity index (χ0v) is 15.3. The molecule has 3 rings (SSSR count). The molecule has 1 aliphatic heterocycles. The molecule has 1 unspecified atom stereocenters. The number of nitrogens with one attached hydrogen (secondary N) is 2. The molecule has 0 aromatic heterocycles. The molecule has 2 N–H and O–H groups in total. The van der Waals surface area contributed by atoms with Crippen LogP contribution >= 0.6 is 12.2 Å². The first-order chi connectivity index (χ1) is 13.0. The second kappa shape index (κ2) is 7.92. The van der Waals surface area contributed by atoms with E-state index in [9.17, 15) is 14.9 Å². The standard InChI is InChI=1S/C20H17N3O3S/c1-13-18(19(22-20(27)21-13)15-5-3-2-4-6-15)17(24)12-9-14-7-10-16(11-8-14)23(25)26/h2-12,19H,1H3,(H2,21,22,27)/b12-9+. The molecular formula is C20H17N3O3S. The fourth-order valence-corrected chi connectivity index (χ4v) is 3.16. The van der Waals surface area contributed by atoms with Gasteiger partial charge in [-0.05, 0) is 48.5 Å². The smallest absolute Gasteiger partial charge is 0.269 e. The van der Waals surface area contributed by atoms with E-state index < -0.39 is 4.92 Å². The van der Waals surface area contributed by atoms with E-state index >= 15 is 0 Å². The number of hydrogen-bond donors (Lipinski definition) is 2. The molecule has 27 heavy (non-hydrogen) atoms. The van der Waals surface area contributed by atoms with Gasteiger partial charge in [0, 0.05) is 23.4 Å². The average molecular weight is 379 g/mol. The Hall–Kier alpha value is -3.32. The van der Waals surface area contributed by atoms with Gasteiger partial charge in [0.1, 0.15) is 0 Å². The number of benzene rings is 2. The van der Waals surface area contributed by atoms with Gasteiger partial charge < -0.3 is 10.6 Å². The lowest BCUT2D eigenvalue weighted by atomic mass is 9.92. The summed E-state index contributed by atoms with van der Waals surface area (Å²) in [4.78, 5) is 23.1. The lowest BCUT2D eigenvalue weighted by Gasteiger charge is -2.29. The van der Waals surface area contributed by atoms with E-state index in [0.717, 1.165) is 5.56 Å². The van der Waals surface area contributed by atoms with Gasteiger partial charge in [-0.2, -0.15) is 0 Å². The zero-order chi connectivity index (χ0) is 19.4. The minimum absolute atomic E-state index is 0.00960. The average Bonchev–Trinajstić information content (AvgIpc) is 2.66. The highest BCUT2D eigenvalue weighted by Gasteiger charge is 2.28. The van der Waals surface area contributed by atoms with Crippen molar-refractivity contribution in [3.05, 3.63) is 93.2 Å². The zero-order valence-electron chi connectivity index (χ0n) is 14.5. The number of rotatable bonds is 5. The van der Waals surface area contributed by atoms with Crippen molar-refractivity contribution in [2.24, 2.45) is 0 Å². The van der Waals surface area contributed by atoms with Gasteiger partial charge in [-0.25, -0.2) is 0 Å². The summed E-state index contributed by atoms with van der Waals surface area (Å²) < 4.78 is 0. The van der Waals surface area contributed by atoms with Crippen LogP contribution in [0.15, 0.2) is 71.9 Å². The molecule has 0 bridgehead atoms. The summed E-state index contributed by atoms with van der Waals surface area (Å²) in [6.07, 6.45) is 3.11. The van der Waals surface area contributed by atoms with Gasteiger partial charge in [-0.3, -0.25) is 14.9 Å². The Morgan fingerprint density at radius 1 is 1.15 bits per heavy atom. The SMILES string of the molecule is CC1=C(C(=O)/C=C/c2ccc([N+](=O)[O-])cc2)C(c2ccccc2)NC(=S)N1. The number of carbonyl (C=O) groups excluding carboxylic acids is 1. The molecule has 0 spiro atoms. The highest BCUT2D eigenvalue weighted by molar-refractivity contribution is 7.80. The van der Waals surface area contributed by atoms with E-state index in [1.165, 1.54) is 18.2 Å². The summed E-state index contributed by atoms with van der Waals surface area (Å²) in [5.74, 6) is -0.165. The highest BCUT2D eigenvalue weighted by atomic mass is 32.1. The maximum atomic E-state index is 12.9. The van der Waals surface area contributed by atoms with Gasteiger partial charge in [0.15, 0.2) is 10.9 Å². The normalized spacial score (nSPS) is 16.8. The molecule has 2 aromatic rings. The Morgan fingerprint density at radius 2 is 1.81 bits per heavy atom. The van der Waals surface area contributed by atoms with Crippen LogP contribution in [0.2, 0.25) is 0 Å². The summed E-state index contributed by atoms with van der Waals surface area (Å²) >= 11 is 5.23. The monoisotopic (exact) mass is 379 g/mol. The fraction of sp³-hybridized carbons (Fsp3) is 0.100. The van der Waals surface area contributed by atoms with Gasteiger partial charge in [0.25, 0.3) is 5.69 Å². The van der Waals surface area contributed by atoms with E-state index in [2.05, 4.69) is 10.6 Å². The van der Waals surface area contributed by atoms with Crippen molar-refractivity contribution in [1.29, 1.82) is 0 Å². The molecule has 7 heteroatoms. The van der Waals surface area contributed by atoms with Crippen LogP contribution in [-0.4, -0.2) is 15.8 Å². The molecule has 2 aromatic carbocycles. The first-order valence-corrected chi connectivity index (χ1v) is 8.66. The maximum Gasteiger partial charge on any atom is 0.269 e. The van der Waals surface area contributed by atoms with Crippen molar-refractivity contribution in [3.63, 3.8) is 0 Å². The molecule has 6 nitrogen and oxygen atoms in total. The number of carbonyl (C=O) groups is 1. The van der Waals surface area contributed by atoms with E-state index in [1.54, 1.807) is 18.2 Å². The predicted octanol–water partition coefficient (Wildman–Crippen LogP) is 3.67. The van der Waals surface area contributed by atoms with Crippen molar-refractivity contribution < 1.29 is 9.72 Å². The Kier molecular flexibility index (Phi) is 5.42. The van der Waals surface area contributed by atoms with Crippen LogP contribution in [0.3, 0.4) is 0 Å². The Balaban J connectivity index is 1.87. The summed E-state index contributed by atoms with van der Waals surface area (Å²) in [5.41, 5.74) is 2.93. The minimum atomic E-state index is -0.459. The quantitative estimate of drug-likeness (QED) is 0.357. The van der Waals surface area contributed by atoms with Gasteiger partial charge in [-0.15, -0.1) is 0 Å². The number of nitrogens with zero attached hydrogens (tertiary/aromatic N) is 1. The van der Waals surface area contributed by atoms with Gasteiger partial charge >= 0.3 is 0 Å². The fourth-order valence-electron chi connectivity index (χ4n) is 2.88. The molecule has 0 aliphatic carbocycles. The van der Waals surface area contributed by atoms with Crippen LogP contribution in [0.1, 0.15) is 24.1 Å². The number of ketones is 1. The summed E-state index contributed by atoms with van der Waals surface area (Å²) in [5, 5.41) is 17.3. The number of non-ortho nitro benzene ring substituents is 1. The molecule has 1 atom stereocenters. The van der Waals surface area contributed by atoms with Crippen LogP contribution in [0, 0.1) is 10.1 Å². The van der Waals surface area contributed by atoms with Crippen molar-refractivity contribution in [1.82, 2.24) is 10.6 Å². The molecule has 0 saturated heterocycles. The van der Waals surface area contributed by atoms with Gasteiger partial charge in [0.05, 0.1) is 11.0 Å². The van der Waals surface area contributed by atoms with Gasteiger partial charge in [0.2, 0.25) is 0 Å². The molecule has 136 valence electrons. The molecule has 1 aliphatic rings. The van der Waals surface area contributed by atoms with Crippen LogP contribution in [0.25, 0.3) is 6.08 Å². The molecule has 0 fully saturated rings. The third-order valence-corrected chi connectivity index (χ3v) is 4.42. The van der Waals surface area contributed by atoms with E-state index in [0.29, 0.717) is 21.9 Å². The third kappa shape index (κ3) is 4.27. The van der Waals surface area contributed by atoms with Crippen LogP contribution in [0.5, 0.6) is 0 Å². The first-order valence-electron chi connectivity index (χ1n) is 8.26. The summed E-state index contributed by atoms with van der Waals surface area (Å²) in [6, 6.07) is 15.3. The number of nitro benzene ring substituents is 1. The Labute approximate surface area is 161 Å². The topological polar surface area (TPSA) is 84.3 Å². The van der Waals surface area contributed by atoms with Crippen molar-refractivity contribution in [3.8, 4) is 0 Å². The van der Waals surface area contributed by atoms with Crippen LogP contribution in [-0.2, 0) is 4.79 Å². The predicted molar refractivity (Wildman–Crippen MR) is 108 cm³/mol. The van der Waals surface area contributed by atoms with Crippen molar-refractivity contribution >= 4 is 34.9 Å². The van der Waals surface area contributed by atoms with E-state index in [1.807, 2.05) is 37.3 Å². The third-order valence-electron chi connectivity index (χ3n) is 4.20. The number of allylic oxidation sites excluding steroid dienone is 2. The second-order valence-corrected chi connectivity index (χ2v) is 6.44. The number of hydrogen-bond acceptors (Lipinski definition) is 4. The Bertz CT molecular complexity index is 950. The van der Waals surface area contributed by atoms with Gasteiger partial charge in [-0.1, -0.05) is 36.4 Å². The molecule has 0 radical (unpaired) electrons. The number of nitro groups is 1. The second-order valence-electron chi connectivity index (χ2n) is 6.03. The molecule has 1 heterocycles. The van der Waals surface area contributed by atoms with Crippen molar-refractivity contribution in [2.45, 2.75) is 13.0 Å². The van der Waals surface area contributed by atoms with E-state index in [-0.39, 0.29) is 17.5 Å². The summed E-state index contributed by atoms with van der Waals surface area (Å²) in [6.45, 7) is 1.82. The van der Waals surface area contributed by atoms with E-state index in [4.69, 9.17) is 12.2 Å². The molecular weight excluding hydrogens is 362 g/mol. The largest absolute Gasteiger partial charge is 0.351 e. The molecule has 0 saturated carbocycles. The van der Waals surface area contributed by atoms with Crippen molar-refractivity contribution in [2.75, 3.05) is 0 Å². The first kappa shape index (κ1) is 18.5. The van der Waals surface area contributed by atoms with Crippen LogP contribution in [0.4, 0.5) is 5.69 Å². The van der Waals surface area contributed by atoms with Crippen LogP contribution < -0.4 is 10.6 Å². The lowest BCUT2D eigenvalue weighted by Crippen LogP contribution is -2.44. The lowest BCUT2D eigenvalue weighted by molar-refractivity contribution is -0.384. The molecule has 0 amide bonds.